The van der Waals surface area contributed by atoms with Gasteiger partial charge in [-0.2, -0.15) is 0 Å². The number of amides is 1. The number of benzene rings is 2. The van der Waals surface area contributed by atoms with E-state index in [2.05, 4.69) is 29.9 Å². The Bertz CT molecular complexity index is 1300. The van der Waals surface area contributed by atoms with Crippen LogP contribution in [0.3, 0.4) is 0 Å². The highest BCUT2D eigenvalue weighted by Crippen LogP contribution is 2.41. The van der Waals surface area contributed by atoms with Crippen LogP contribution in [0.15, 0.2) is 48.5 Å². The number of aromatic nitrogens is 3. The van der Waals surface area contributed by atoms with Gasteiger partial charge in [-0.1, -0.05) is 42.5 Å². The van der Waals surface area contributed by atoms with Gasteiger partial charge in [-0.15, -0.1) is 11.3 Å². The largest absolute Gasteiger partial charge is 0.380 e. The summed E-state index contributed by atoms with van der Waals surface area (Å²) in [5, 5.41) is 0.871. The third-order valence-electron chi connectivity index (χ3n) is 6.38. The number of imidazole rings is 1. The van der Waals surface area contributed by atoms with Crippen LogP contribution in [0.1, 0.15) is 40.2 Å². The predicted octanol–water partition coefficient (Wildman–Crippen LogP) is 5.08. The van der Waals surface area contributed by atoms with Gasteiger partial charge in [0.05, 0.1) is 27.0 Å². The fourth-order valence-corrected chi connectivity index (χ4v) is 5.54. The summed E-state index contributed by atoms with van der Waals surface area (Å²) in [5.41, 5.74) is 3.89. The first kappa shape index (κ1) is 20.8. The molecule has 1 unspecified atom stereocenters. The van der Waals surface area contributed by atoms with E-state index in [0.717, 1.165) is 37.9 Å². The molecule has 1 aliphatic heterocycles. The van der Waals surface area contributed by atoms with Crippen molar-refractivity contribution < 1.29 is 9.53 Å². The van der Waals surface area contributed by atoms with Crippen molar-refractivity contribution in [1.29, 1.82) is 0 Å². The van der Waals surface area contributed by atoms with Crippen LogP contribution in [0, 0.1) is 13.8 Å². The third kappa shape index (κ3) is 3.32. The van der Waals surface area contributed by atoms with Crippen LogP contribution in [0.2, 0.25) is 0 Å². The van der Waals surface area contributed by atoms with Crippen LogP contribution < -0.4 is 0 Å². The number of nitrogens with one attached hydrogen (secondary N) is 1. The Labute approximate surface area is 191 Å². The number of rotatable bonds is 4. The highest BCUT2D eigenvalue weighted by atomic mass is 32.1. The summed E-state index contributed by atoms with van der Waals surface area (Å²) in [6.07, 6.45) is 0.593. The van der Waals surface area contributed by atoms with E-state index in [-0.39, 0.29) is 12.0 Å². The van der Waals surface area contributed by atoms with E-state index in [1.54, 1.807) is 18.4 Å². The lowest BCUT2D eigenvalue weighted by Crippen LogP contribution is -2.44. The van der Waals surface area contributed by atoms with E-state index in [1.807, 2.05) is 54.3 Å². The molecule has 7 heteroatoms. The molecule has 5 rings (SSSR count). The second kappa shape index (κ2) is 7.83. The number of carbonyl (C=O) groups excluding carboxylic acids is 1. The molecular formula is C25H26N4O2S. The monoisotopic (exact) mass is 446 g/mol. The third-order valence-corrected chi connectivity index (χ3v) is 7.40. The molecule has 4 aromatic rings. The molecular weight excluding hydrogens is 420 g/mol. The van der Waals surface area contributed by atoms with Crippen LogP contribution in [-0.4, -0.2) is 45.5 Å². The molecule has 1 aliphatic rings. The van der Waals surface area contributed by atoms with Crippen molar-refractivity contribution in [3.63, 3.8) is 0 Å². The molecule has 0 saturated carbocycles. The van der Waals surface area contributed by atoms with Crippen molar-refractivity contribution in [2.75, 3.05) is 13.7 Å². The number of nitrogens with zero attached hydrogens (tertiary/aromatic N) is 3. The molecule has 2 aromatic heterocycles. The summed E-state index contributed by atoms with van der Waals surface area (Å²) < 4.78 is 5.71. The smallest absolute Gasteiger partial charge is 0.274 e. The van der Waals surface area contributed by atoms with Crippen molar-refractivity contribution in [1.82, 2.24) is 19.9 Å². The first-order valence-corrected chi connectivity index (χ1v) is 11.6. The van der Waals surface area contributed by atoms with Crippen LogP contribution in [0.4, 0.5) is 0 Å². The zero-order valence-electron chi connectivity index (χ0n) is 18.7. The van der Waals surface area contributed by atoms with Gasteiger partial charge in [-0.05, 0) is 38.0 Å². The zero-order valence-corrected chi connectivity index (χ0v) is 19.5. The van der Waals surface area contributed by atoms with E-state index in [9.17, 15) is 4.79 Å². The predicted molar refractivity (Wildman–Crippen MR) is 127 cm³/mol. The van der Waals surface area contributed by atoms with Crippen LogP contribution in [0.25, 0.3) is 21.5 Å². The fraction of sp³-hybridized carbons (Fsp3) is 0.320. The number of ether oxygens (including phenoxy) is 1. The van der Waals surface area contributed by atoms with Gasteiger partial charge in [0.2, 0.25) is 0 Å². The molecule has 0 radical (unpaired) electrons. The molecule has 1 amide bonds. The van der Waals surface area contributed by atoms with E-state index in [1.165, 1.54) is 0 Å². The number of aromatic amines is 1. The van der Waals surface area contributed by atoms with E-state index < -0.39 is 5.54 Å². The summed E-state index contributed by atoms with van der Waals surface area (Å²) >= 11 is 1.55. The second-order valence-corrected chi connectivity index (χ2v) is 9.79. The lowest BCUT2D eigenvalue weighted by atomic mass is 9.96. The van der Waals surface area contributed by atoms with Gasteiger partial charge in [-0.3, -0.25) is 4.79 Å². The Kier molecular flexibility index (Phi) is 5.10. The maximum Gasteiger partial charge on any atom is 0.274 e. The maximum absolute atomic E-state index is 14.0. The van der Waals surface area contributed by atoms with Crippen molar-refractivity contribution in [3.05, 3.63) is 70.6 Å². The summed E-state index contributed by atoms with van der Waals surface area (Å²) in [7, 11) is 1.70. The van der Waals surface area contributed by atoms with E-state index in [4.69, 9.17) is 9.72 Å². The minimum absolute atomic E-state index is 0.0711. The topological polar surface area (TPSA) is 71.1 Å². The number of thiazole rings is 1. The van der Waals surface area contributed by atoms with Gasteiger partial charge >= 0.3 is 0 Å². The normalized spacial score (nSPS) is 20.9. The first-order valence-electron chi connectivity index (χ1n) is 10.7. The lowest BCUT2D eigenvalue weighted by Gasteiger charge is -2.33. The molecule has 0 bridgehead atoms. The molecule has 1 fully saturated rings. The maximum atomic E-state index is 14.0. The van der Waals surface area contributed by atoms with Gasteiger partial charge < -0.3 is 14.6 Å². The molecule has 1 saturated heterocycles. The van der Waals surface area contributed by atoms with Crippen molar-refractivity contribution >= 4 is 28.3 Å². The van der Waals surface area contributed by atoms with Crippen molar-refractivity contribution in [2.24, 2.45) is 0 Å². The average Bonchev–Trinajstić information content (AvgIpc) is 3.50. The Hall–Kier alpha value is -3.03. The summed E-state index contributed by atoms with van der Waals surface area (Å²) in [5.74, 6) is 0.690. The van der Waals surface area contributed by atoms with E-state index >= 15 is 0 Å². The molecule has 6 nitrogen and oxygen atoms in total. The standard InChI is InChI=1S/C25H26N4O2S/c1-15-9-8-12-19-20(15)28-24(27-19)25(3)13-18(31-4)14-29(25)23(30)21-22(32-16(2)26-21)17-10-6-5-7-11-17/h5-12,18H,13-14H2,1-4H3,(H,27,28)/t18-,25?/m1/s1. The van der Waals surface area contributed by atoms with Gasteiger partial charge in [0.1, 0.15) is 17.1 Å². The molecule has 2 atom stereocenters. The molecule has 1 N–H and O–H groups in total. The summed E-state index contributed by atoms with van der Waals surface area (Å²) in [4.78, 5) is 29.8. The van der Waals surface area contributed by atoms with Gasteiger partial charge in [0.25, 0.3) is 5.91 Å². The quantitative estimate of drug-likeness (QED) is 0.475. The first-order chi connectivity index (χ1) is 15.4. The van der Waals surface area contributed by atoms with Gasteiger partial charge in [-0.25, -0.2) is 9.97 Å². The highest BCUT2D eigenvalue weighted by molar-refractivity contribution is 7.15. The number of hydrogen-bond donors (Lipinski definition) is 1. The van der Waals surface area contributed by atoms with E-state index in [0.29, 0.717) is 18.7 Å². The number of fused-ring (bicyclic) bond motifs is 1. The van der Waals surface area contributed by atoms with Crippen LogP contribution in [-0.2, 0) is 10.3 Å². The molecule has 164 valence electrons. The fourth-order valence-electron chi connectivity index (χ4n) is 4.63. The molecule has 2 aromatic carbocycles. The Morgan fingerprint density at radius 3 is 2.66 bits per heavy atom. The average molecular weight is 447 g/mol. The SMILES string of the molecule is CO[C@H]1CN(C(=O)c2nc(C)sc2-c2ccccc2)C(C)(c2nc3c(C)cccc3[nH]2)C1. The number of H-pyrrole nitrogens is 1. The zero-order chi connectivity index (χ0) is 22.5. The summed E-state index contributed by atoms with van der Waals surface area (Å²) in [6.45, 7) is 6.55. The Morgan fingerprint density at radius 2 is 1.94 bits per heavy atom. The minimum atomic E-state index is -0.630. The molecule has 0 aliphatic carbocycles. The van der Waals surface area contributed by atoms with Gasteiger partial charge in [0.15, 0.2) is 0 Å². The summed E-state index contributed by atoms with van der Waals surface area (Å²) in [6, 6.07) is 16.1. The Morgan fingerprint density at radius 1 is 1.16 bits per heavy atom. The number of para-hydroxylation sites is 1. The Balaban J connectivity index is 1.60. The lowest BCUT2D eigenvalue weighted by molar-refractivity contribution is 0.0586. The highest BCUT2D eigenvalue weighted by Gasteiger charge is 2.49. The van der Waals surface area contributed by atoms with Crippen molar-refractivity contribution in [2.45, 2.75) is 38.8 Å². The number of hydrogen-bond acceptors (Lipinski definition) is 5. The number of aryl methyl sites for hydroxylation is 2. The number of likely N-dealkylation sites (tertiary alicyclic amines) is 1. The number of methoxy groups -OCH3 is 1. The molecule has 3 heterocycles. The molecule has 32 heavy (non-hydrogen) atoms. The van der Waals surface area contributed by atoms with Crippen LogP contribution >= 0.6 is 11.3 Å². The molecule has 0 spiro atoms. The second-order valence-electron chi connectivity index (χ2n) is 8.58. The van der Waals surface area contributed by atoms with Gasteiger partial charge in [0, 0.05) is 20.1 Å². The number of carbonyl (C=O) groups is 1. The van der Waals surface area contributed by atoms with Crippen molar-refractivity contribution in [3.8, 4) is 10.4 Å². The van der Waals surface area contributed by atoms with Crippen LogP contribution in [0.5, 0.6) is 0 Å². The minimum Gasteiger partial charge on any atom is -0.380 e.